The van der Waals surface area contributed by atoms with Crippen LogP contribution in [-0.2, 0) is 21.4 Å². The summed E-state index contributed by atoms with van der Waals surface area (Å²) < 4.78 is 26.4. The van der Waals surface area contributed by atoms with Gasteiger partial charge in [0.2, 0.25) is 15.9 Å². The van der Waals surface area contributed by atoms with Crippen molar-refractivity contribution in [2.75, 3.05) is 26.7 Å². The molecule has 1 aliphatic heterocycles. The van der Waals surface area contributed by atoms with Crippen molar-refractivity contribution in [2.45, 2.75) is 63.4 Å². The molecule has 1 fully saturated rings. The van der Waals surface area contributed by atoms with E-state index in [0.717, 1.165) is 18.5 Å². The molecular weight excluding hydrogens is 362 g/mol. The standard InChI is InChI=1S/C20H33N3O3S/c1-4-23(5-2)27(25,26)19-12-9-17(10-13-19)16-21-20(24)14-11-18-8-6-7-15-22(18)3/h9-10,12-13,18H,4-8,11,14-16H2,1-3H3,(H,21,24). The second kappa shape index (κ2) is 10.2. The molecule has 1 aromatic carbocycles. The Morgan fingerprint density at radius 3 is 2.44 bits per heavy atom. The summed E-state index contributed by atoms with van der Waals surface area (Å²) >= 11 is 0. The number of carbonyl (C=O) groups is 1. The minimum atomic E-state index is -3.43. The zero-order valence-electron chi connectivity index (χ0n) is 16.8. The van der Waals surface area contributed by atoms with Crippen molar-refractivity contribution in [3.8, 4) is 0 Å². The first-order valence-corrected chi connectivity index (χ1v) is 11.4. The Kier molecular flexibility index (Phi) is 8.26. The Hall–Kier alpha value is -1.44. The Morgan fingerprint density at radius 1 is 1.19 bits per heavy atom. The van der Waals surface area contributed by atoms with E-state index in [0.29, 0.717) is 37.0 Å². The molecule has 1 aliphatic rings. The van der Waals surface area contributed by atoms with Crippen LogP contribution in [0.25, 0.3) is 0 Å². The predicted molar refractivity (Wildman–Crippen MR) is 108 cm³/mol. The summed E-state index contributed by atoms with van der Waals surface area (Å²) in [6.07, 6.45) is 5.09. The number of hydrogen-bond donors (Lipinski definition) is 1. The lowest BCUT2D eigenvalue weighted by molar-refractivity contribution is -0.121. The molecule has 0 radical (unpaired) electrons. The molecule has 27 heavy (non-hydrogen) atoms. The van der Waals surface area contributed by atoms with Crippen LogP contribution in [0.2, 0.25) is 0 Å². The number of nitrogens with one attached hydrogen (secondary N) is 1. The lowest BCUT2D eigenvalue weighted by Gasteiger charge is -2.32. The largest absolute Gasteiger partial charge is 0.352 e. The Balaban J connectivity index is 1.83. The average molecular weight is 396 g/mol. The third kappa shape index (κ3) is 6.02. The van der Waals surface area contributed by atoms with Crippen molar-refractivity contribution in [2.24, 2.45) is 0 Å². The minimum Gasteiger partial charge on any atom is -0.352 e. The fourth-order valence-electron chi connectivity index (χ4n) is 3.59. The molecule has 0 spiro atoms. The fraction of sp³-hybridized carbons (Fsp3) is 0.650. The fourth-order valence-corrected chi connectivity index (χ4v) is 5.05. The number of benzene rings is 1. The Bertz CT molecular complexity index is 700. The van der Waals surface area contributed by atoms with Gasteiger partial charge in [-0.1, -0.05) is 32.4 Å². The third-order valence-corrected chi connectivity index (χ3v) is 7.45. The van der Waals surface area contributed by atoms with Crippen molar-refractivity contribution in [1.82, 2.24) is 14.5 Å². The highest BCUT2D eigenvalue weighted by molar-refractivity contribution is 7.89. The van der Waals surface area contributed by atoms with Crippen LogP contribution in [0.3, 0.4) is 0 Å². The summed E-state index contributed by atoms with van der Waals surface area (Å²) in [5.41, 5.74) is 0.900. The maximum absolute atomic E-state index is 12.5. The molecule has 0 aromatic heterocycles. The van der Waals surface area contributed by atoms with Gasteiger partial charge in [0.15, 0.2) is 0 Å². The Morgan fingerprint density at radius 2 is 1.85 bits per heavy atom. The number of piperidine rings is 1. The van der Waals surface area contributed by atoms with Crippen LogP contribution in [0.5, 0.6) is 0 Å². The zero-order valence-corrected chi connectivity index (χ0v) is 17.6. The summed E-state index contributed by atoms with van der Waals surface area (Å²) in [4.78, 5) is 14.8. The van der Waals surface area contributed by atoms with E-state index in [1.54, 1.807) is 24.3 Å². The third-order valence-electron chi connectivity index (χ3n) is 5.38. The van der Waals surface area contributed by atoms with Crippen LogP contribution in [0.1, 0.15) is 51.5 Å². The number of sulfonamides is 1. The number of amides is 1. The molecule has 1 saturated heterocycles. The molecule has 7 heteroatoms. The molecule has 152 valence electrons. The van der Waals surface area contributed by atoms with E-state index >= 15 is 0 Å². The summed E-state index contributed by atoms with van der Waals surface area (Å²) in [5, 5.41) is 2.94. The first-order chi connectivity index (χ1) is 12.9. The van der Waals surface area contributed by atoms with Gasteiger partial charge in [0.25, 0.3) is 0 Å². The van der Waals surface area contributed by atoms with Gasteiger partial charge < -0.3 is 10.2 Å². The van der Waals surface area contributed by atoms with Gasteiger partial charge in [0, 0.05) is 32.1 Å². The van der Waals surface area contributed by atoms with Gasteiger partial charge in [0.1, 0.15) is 0 Å². The van der Waals surface area contributed by atoms with Gasteiger partial charge in [-0.25, -0.2) is 8.42 Å². The van der Waals surface area contributed by atoms with Crippen molar-refractivity contribution in [3.05, 3.63) is 29.8 Å². The number of rotatable bonds is 9. The summed E-state index contributed by atoms with van der Waals surface area (Å²) in [6, 6.07) is 7.28. The smallest absolute Gasteiger partial charge is 0.243 e. The van der Waals surface area contributed by atoms with Gasteiger partial charge in [-0.05, 0) is 50.6 Å². The van der Waals surface area contributed by atoms with E-state index in [1.165, 1.54) is 23.6 Å². The number of likely N-dealkylation sites (tertiary alicyclic amines) is 1. The molecule has 0 saturated carbocycles. The van der Waals surface area contributed by atoms with Crippen molar-refractivity contribution >= 4 is 15.9 Å². The Labute approximate surface area is 164 Å². The van der Waals surface area contributed by atoms with E-state index in [1.807, 2.05) is 13.8 Å². The quantitative estimate of drug-likeness (QED) is 0.698. The highest BCUT2D eigenvalue weighted by Gasteiger charge is 2.21. The van der Waals surface area contributed by atoms with Crippen molar-refractivity contribution in [1.29, 1.82) is 0 Å². The molecule has 1 aromatic rings. The number of nitrogens with zero attached hydrogens (tertiary/aromatic N) is 2. The number of hydrogen-bond acceptors (Lipinski definition) is 4. The van der Waals surface area contributed by atoms with Gasteiger partial charge >= 0.3 is 0 Å². The highest BCUT2D eigenvalue weighted by Crippen LogP contribution is 2.19. The topological polar surface area (TPSA) is 69.7 Å². The van der Waals surface area contributed by atoms with Gasteiger partial charge in [-0.2, -0.15) is 4.31 Å². The highest BCUT2D eigenvalue weighted by atomic mass is 32.2. The lowest BCUT2D eigenvalue weighted by atomic mass is 9.98. The van der Waals surface area contributed by atoms with Crippen molar-refractivity contribution in [3.63, 3.8) is 0 Å². The SMILES string of the molecule is CCN(CC)S(=O)(=O)c1ccc(CNC(=O)CCC2CCCCN2C)cc1. The second-order valence-corrected chi connectivity index (χ2v) is 9.12. The molecule has 0 aliphatic carbocycles. The van der Waals surface area contributed by atoms with E-state index in [-0.39, 0.29) is 5.91 Å². The molecule has 1 atom stereocenters. The predicted octanol–water partition coefficient (Wildman–Crippen LogP) is 2.60. The van der Waals surface area contributed by atoms with Crippen LogP contribution in [0, 0.1) is 0 Å². The molecule has 1 amide bonds. The van der Waals surface area contributed by atoms with Gasteiger partial charge in [-0.3, -0.25) is 4.79 Å². The zero-order chi connectivity index (χ0) is 19.9. The van der Waals surface area contributed by atoms with Gasteiger partial charge in [0.05, 0.1) is 4.90 Å². The molecule has 6 nitrogen and oxygen atoms in total. The molecule has 0 bridgehead atoms. The molecule has 1 N–H and O–H groups in total. The van der Waals surface area contributed by atoms with E-state index in [9.17, 15) is 13.2 Å². The van der Waals surface area contributed by atoms with Crippen molar-refractivity contribution < 1.29 is 13.2 Å². The average Bonchev–Trinajstić information content (AvgIpc) is 2.67. The van der Waals surface area contributed by atoms with Crippen LogP contribution < -0.4 is 5.32 Å². The first-order valence-electron chi connectivity index (χ1n) is 9.94. The monoisotopic (exact) mass is 395 g/mol. The van der Waals surface area contributed by atoms with E-state index in [4.69, 9.17) is 0 Å². The summed E-state index contributed by atoms with van der Waals surface area (Å²) in [6.45, 7) is 6.10. The minimum absolute atomic E-state index is 0.0498. The van der Waals surface area contributed by atoms with E-state index < -0.39 is 10.0 Å². The summed E-state index contributed by atoms with van der Waals surface area (Å²) in [5.74, 6) is 0.0498. The van der Waals surface area contributed by atoms with Crippen LogP contribution in [-0.4, -0.2) is 56.3 Å². The van der Waals surface area contributed by atoms with Crippen LogP contribution >= 0.6 is 0 Å². The molecule has 1 heterocycles. The van der Waals surface area contributed by atoms with Crippen LogP contribution in [0.4, 0.5) is 0 Å². The first kappa shape index (κ1) is 21.9. The van der Waals surface area contributed by atoms with Gasteiger partial charge in [-0.15, -0.1) is 0 Å². The molecule has 1 unspecified atom stereocenters. The molecule has 2 rings (SSSR count). The second-order valence-electron chi connectivity index (χ2n) is 7.18. The maximum atomic E-state index is 12.5. The van der Waals surface area contributed by atoms with Crippen LogP contribution in [0.15, 0.2) is 29.2 Å². The number of carbonyl (C=O) groups excluding carboxylic acids is 1. The lowest BCUT2D eigenvalue weighted by Crippen LogP contribution is -2.37. The van der Waals surface area contributed by atoms with E-state index in [2.05, 4.69) is 17.3 Å². The summed E-state index contributed by atoms with van der Waals surface area (Å²) in [7, 11) is -1.30. The normalized spacial score (nSPS) is 18.6. The molecular formula is C20H33N3O3S. The maximum Gasteiger partial charge on any atom is 0.243 e.